The predicted octanol–water partition coefficient (Wildman–Crippen LogP) is 3.11. The number of anilines is 1. The van der Waals surface area contributed by atoms with E-state index >= 15 is 0 Å². The minimum Gasteiger partial charge on any atom is -0.369 e. The molecule has 1 aromatic carbocycles. The van der Waals surface area contributed by atoms with E-state index in [1.807, 2.05) is 19.3 Å². The maximum Gasteiger partial charge on any atom is 0.191 e. The quantitative estimate of drug-likeness (QED) is 0.418. The van der Waals surface area contributed by atoms with Gasteiger partial charge in [-0.05, 0) is 52.2 Å². The van der Waals surface area contributed by atoms with Gasteiger partial charge in [0.1, 0.15) is 5.82 Å². The summed E-state index contributed by atoms with van der Waals surface area (Å²) in [4.78, 5) is 11.5. The molecule has 1 aliphatic heterocycles. The van der Waals surface area contributed by atoms with Gasteiger partial charge in [0.2, 0.25) is 0 Å². The normalized spacial score (nSPS) is 17.2. The van der Waals surface area contributed by atoms with E-state index < -0.39 is 0 Å². The van der Waals surface area contributed by atoms with Gasteiger partial charge >= 0.3 is 0 Å². The summed E-state index contributed by atoms with van der Waals surface area (Å²) in [5, 5.41) is 7.01. The number of unbranched alkanes of at least 4 members (excludes halogenated alkanes) is 1. The van der Waals surface area contributed by atoms with Crippen molar-refractivity contribution in [2.24, 2.45) is 4.99 Å². The Labute approximate surface area is 169 Å². The van der Waals surface area contributed by atoms with Crippen LogP contribution < -0.4 is 15.5 Å². The zero-order valence-electron chi connectivity index (χ0n) is 17.5. The number of rotatable bonds is 8. The van der Waals surface area contributed by atoms with Crippen molar-refractivity contribution in [1.29, 1.82) is 0 Å². The average Bonchev–Trinajstić information content (AvgIpc) is 3.31. The summed E-state index contributed by atoms with van der Waals surface area (Å²) >= 11 is 0. The minimum atomic E-state index is 0.438. The SMILES string of the molecule is CCNC(=NCCCCn1ccnc1C)NC1CCN(c2ccc(C)cc2)C1. The highest BCUT2D eigenvalue weighted by atomic mass is 15.2. The summed E-state index contributed by atoms with van der Waals surface area (Å²) in [6.07, 6.45) is 7.24. The van der Waals surface area contributed by atoms with Crippen molar-refractivity contribution in [3.8, 4) is 0 Å². The highest BCUT2D eigenvalue weighted by Crippen LogP contribution is 2.20. The lowest BCUT2D eigenvalue weighted by Gasteiger charge is -2.20. The first-order valence-corrected chi connectivity index (χ1v) is 10.5. The van der Waals surface area contributed by atoms with Crippen LogP contribution in [-0.4, -0.2) is 47.7 Å². The largest absolute Gasteiger partial charge is 0.369 e. The van der Waals surface area contributed by atoms with Gasteiger partial charge in [-0.15, -0.1) is 0 Å². The molecule has 1 atom stereocenters. The van der Waals surface area contributed by atoms with E-state index in [0.29, 0.717) is 6.04 Å². The van der Waals surface area contributed by atoms with Crippen molar-refractivity contribution < 1.29 is 0 Å². The number of nitrogens with one attached hydrogen (secondary N) is 2. The van der Waals surface area contributed by atoms with E-state index in [1.165, 1.54) is 11.3 Å². The van der Waals surface area contributed by atoms with E-state index in [1.54, 1.807) is 0 Å². The second-order valence-corrected chi connectivity index (χ2v) is 7.55. The average molecular weight is 383 g/mol. The molecule has 3 rings (SSSR count). The van der Waals surface area contributed by atoms with E-state index in [0.717, 1.165) is 63.8 Å². The van der Waals surface area contributed by atoms with Crippen LogP contribution in [0.2, 0.25) is 0 Å². The van der Waals surface area contributed by atoms with Crippen LogP contribution in [0.1, 0.15) is 37.6 Å². The monoisotopic (exact) mass is 382 g/mol. The van der Waals surface area contributed by atoms with Gasteiger partial charge in [-0.2, -0.15) is 0 Å². The fraction of sp³-hybridized carbons (Fsp3) is 0.545. The lowest BCUT2D eigenvalue weighted by molar-refractivity contribution is 0.597. The van der Waals surface area contributed by atoms with Gasteiger partial charge in [0, 0.05) is 56.8 Å². The van der Waals surface area contributed by atoms with Gasteiger partial charge in [0.15, 0.2) is 5.96 Å². The molecule has 0 radical (unpaired) electrons. The van der Waals surface area contributed by atoms with Crippen molar-refractivity contribution in [3.05, 3.63) is 48.0 Å². The lowest BCUT2D eigenvalue weighted by Crippen LogP contribution is -2.44. The first-order chi connectivity index (χ1) is 13.7. The fourth-order valence-electron chi connectivity index (χ4n) is 3.61. The predicted molar refractivity (Wildman–Crippen MR) is 117 cm³/mol. The van der Waals surface area contributed by atoms with Gasteiger partial charge in [0.25, 0.3) is 0 Å². The maximum absolute atomic E-state index is 4.78. The van der Waals surface area contributed by atoms with Crippen LogP contribution in [0.4, 0.5) is 5.69 Å². The molecular weight excluding hydrogens is 348 g/mol. The molecular formula is C22H34N6. The first kappa shape index (κ1) is 20.2. The summed E-state index contributed by atoms with van der Waals surface area (Å²) < 4.78 is 2.20. The summed E-state index contributed by atoms with van der Waals surface area (Å²) in [6.45, 7) is 11.1. The molecule has 6 heteroatoms. The van der Waals surface area contributed by atoms with Gasteiger partial charge in [-0.25, -0.2) is 4.98 Å². The number of aryl methyl sites for hydroxylation is 3. The molecule has 1 unspecified atom stereocenters. The smallest absolute Gasteiger partial charge is 0.191 e. The van der Waals surface area contributed by atoms with Gasteiger partial charge in [0.05, 0.1) is 0 Å². The molecule has 2 heterocycles. The third-order valence-electron chi connectivity index (χ3n) is 5.27. The van der Waals surface area contributed by atoms with Crippen molar-refractivity contribution in [1.82, 2.24) is 20.2 Å². The van der Waals surface area contributed by atoms with Gasteiger partial charge < -0.3 is 20.1 Å². The number of hydrogen-bond donors (Lipinski definition) is 2. The van der Waals surface area contributed by atoms with Crippen LogP contribution in [0.3, 0.4) is 0 Å². The number of hydrogen-bond acceptors (Lipinski definition) is 3. The van der Waals surface area contributed by atoms with Crippen LogP contribution >= 0.6 is 0 Å². The highest BCUT2D eigenvalue weighted by molar-refractivity contribution is 5.80. The molecule has 0 saturated carbocycles. The Morgan fingerprint density at radius 3 is 2.75 bits per heavy atom. The third-order valence-corrected chi connectivity index (χ3v) is 5.27. The number of benzene rings is 1. The topological polar surface area (TPSA) is 57.5 Å². The molecule has 1 aliphatic rings. The third kappa shape index (κ3) is 5.75. The molecule has 1 fully saturated rings. The zero-order chi connectivity index (χ0) is 19.8. The minimum absolute atomic E-state index is 0.438. The summed E-state index contributed by atoms with van der Waals surface area (Å²) in [5.41, 5.74) is 2.62. The van der Waals surface area contributed by atoms with E-state index in [-0.39, 0.29) is 0 Å². The second kappa shape index (κ2) is 10.2. The van der Waals surface area contributed by atoms with Crippen molar-refractivity contribution in [2.75, 3.05) is 31.1 Å². The van der Waals surface area contributed by atoms with Crippen LogP contribution in [0.25, 0.3) is 0 Å². The Kier molecular flexibility index (Phi) is 7.34. The van der Waals surface area contributed by atoms with E-state index in [2.05, 4.69) is 63.2 Å². The lowest BCUT2D eigenvalue weighted by atomic mass is 10.2. The van der Waals surface area contributed by atoms with Crippen molar-refractivity contribution >= 4 is 11.6 Å². The maximum atomic E-state index is 4.78. The first-order valence-electron chi connectivity index (χ1n) is 10.5. The zero-order valence-corrected chi connectivity index (χ0v) is 17.5. The highest BCUT2D eigenvalue weighted by Gasteiger charge is 2.23. The molecule has 0 spiro atoms. The standard InChI is InChI=1S/C22H34N6/c1-4-23-22(25-12-5-6-14-27-16-13-24-19(27)3)26-20-11-15-28(17-20)21-9-7-18(2)8-10-21/h7-10,13,16,20H,4-6,11-12,14-15,17H2,1-3H3,(H2,23,25,26). The summed E-state index contributed by atoms with van der Waals surface area (Å²) in [6, 6.07) is 9.25. The van der Waals surface area contributed by atoms with Crippen LogP contribution in [0.5, 0.6) is 0 Å². The van der Waals surface area contributed by atoms with Crippen LogP contribution in [0, 0.1) is 13.8 Å². The molecule has 0 amide bonds. The molecule has 0 bridgehead atoms. The number of guanidine groups is 1. The molecule has 28 heavy (non-hydrogen) atoms. The molecule has 152 valence electrons. The van der Waals surface area contributed by atoms with Crippen molar-refractivity contribution in [2.45, 2.75) is 52.6 Å². The Morgan fingerprint density at radius 2 is 2.04 bits per heavy atom. The summed E-state index contributed by atoms with van der Waals surface area (Å²) in [7, 11) is 0. The van der Waals surface area contributed by atoms with Gasteiger partial charge in [-0.3, -0.25) is 4.99 Å². The molecule has 2 N–H and O–H groups in total. The Bertz CT molecular complexity index is 749. The number of nitrogens with zero attached hydrogens (tertiary/aromatic N) is 4. The Morgan fingerprint density at radius 1 is 1.21 bits per heavy atom. The van der Waals surface area contributed by atoms with Crippen LogP contribution in [0.15, 0.2) is 41.7 Å². The van der Waals surface area contributed by atoms with Crippen LogP contribution in [-0.2, 0) is 6.54 Å². The Balaban J connectivity index is 1.44. The molecule has 1 saturated heterocycles. The molecule has 0 aliphatic carbocycles. The summed E-state index contributed by atoms with van der Waals surface area (Å²) in [5.74, 6) is 2.02. The van der Waals surface area contributed by atoms with Gasteiger partial charge in [-0.1, -0.05) is 17.7 Å². The van der Waals surface area contributed by atoms with Crippen molar-refractivity contribution in [3.63, 3.8) is 0 Å². The second-order valence-electron chi connectivity index (χ2n) is 7.55. The number of aromatic nitrogens is 2. The van der Waals surface area contributed by atoms with E-state index in [4.69, 9.17) is 4.99 Å². The van der Waals surface area contributed by atoms with E-state index in [9.17, 15) is 0 Å². The number of imidazole rings is 1. The molecule has 6 nitrogen and oxygen atoms in total. The molecule has 2 aromatic rings. The number of aliphatic imine (C=N–C) groups is 1. The fourth-order valence-corrected chi connectivity index (χ4v) is 3.61. The Hall–Kier alpha value is -2.50. The molecule has 1 aromatic heterocycles.